The van der Waals surface area contributed by atoms with Crippen LogP contribution in [0.5, 0.6) is 0 Å². The van der Waals surface area contributed by atoms with Gasteiger partial charge >= 0.3 is 0 Å². The minimum Gasteiger partial charge on any atom is -0.463 e. The van der Waals surface area contributed by atoms with E-state index in [0.717, 1.165) is 0 Å². The zero-order chi connectivity index (χ0) is 15.3. The van der Waals surface area contributed by atoms with E-state index in [-0.39, 0.29) is 24.4 Å². The Morgan fingerprint density at radius 2 is 2.14 bits per heavy atom. The SMILES string of the molecule is CCCS(=O)(=O)NCCn1nc(-c2ccco2)ccc1=O. The van der Waals surface area contributed by atoms with E-state index in [1.54, 1.807) is 25.1 Å². The third-order valence-electron chi connectivity index (χ3n) is 2.76. The maximum atomic E-state index is 11.7. The minimum absolute atomic E-state index is 0.0712. The highest BCUT2D eigenvalue weighted by Crippen LogP contribution is 2.14. The second-order valence-electron chi connectivity index (χ2n) is 4.47. The van der Waals surface area contributed by atoms with Gasteiger partial charge in [0.05, 0.1) is 18.6 Å². The summed E-state index contributed by atoms with van der Waals surface area (Å²) < 4.78 is 31.9. The van der Waals surface area contributed by atoms with Crippen molar-refractivity contribution in [1.29, 1.82) is 0 Å². The fraction of sp³-hybridized carbons (Fsp3) is 0.385. The molecule has 0 radical (unpaired) electrons. The van der Waals surface area contributed by atoms with Gasteiger partial charge < -0.3 is 4.42 Å². The Labute approximate surface area is 122 Å². The summed E-state index contributed by atoms with van der Waals surface area (Å²) in [5.41, 5.74) is 0.232. The lowest BCUT2D eigenvalue weighted by Gasteiger charge is -2.07. The van der Waals surface area contributed by atoms with Crippen molar-refractivity contribution in [3.8, 4) is 11.5 Å². The maximum Gasteiger partial charge on any atom is 0.266 e. The van der Waals surface area contributed by atoms with Crippen LogP contribution in [0.15, 0.2) is 39.7 Å². The Hall–Kier alpha value is -1.93. The van der Waals surface area contributed by atoms with Gasteiger partial charge in [0.2, 0.25) is 10.0 Å². The molecule has 7 nitrogen and oxygen atoms in total. The van der Waals surface area contributed by atoms with Crippen LogP contribution in [0.25, 0.3) is 11.5 Å². The number of hydrogen-bond donors (Lipinski definition) is 1. The summed E-state index contributed by atoms with van der Waals surface area (Å²) in [6, 6.07) is 6.41. The summed E-state index contributed by atoms with van der Waals surface area (Å²) in [7, 11) is -3.28. The Morgan fingerprint density at radius 3 is 2.81 bits per heavy atom. The lowest BCUT2D eigenvalue weighted by molar-refractivity contribution is 0.539. The lowest BCUT2D eigenvalue weighted by atomic mass is 10.3. The molecule has 8 heteroatoms. The molecule has 114 valence electrons. The van der Waals surface area contributed by atoms with Gasteiger partial charge in [-0.3, -0.25) is 4.79 Å². The van der Waals surface area contributed by atoms with Crippen molar-refractivity contribution in [2.24, 2.45) is 0 Å². The van der Waals surface area contributed by atoms with Crippen LogP contribution in [0.3, 0.4) is 0 Å². The lowest BCUT2D eigenvalue weighted by Crippen LogP contribution is -2.33. The number of furan rings is 1. The van der Waals surface area contributed by atoms with Gasteiger partial charge in [-0.1, -0.05) is 6.92 Å². The van der Waals surface area contributed by atoms with Crippen molar-refractivity contribution in [3.05, 3.63) is 40.9 Å². The molecule has 0 aliphatic rings. The first-order valence-electron chi connectivity index (χ1n) is 6.61. The van der Waals surface area contributed by atoms with E-state index >= 15 is 0 Å². The van der Waals surface area contributed by atoms with Crippen molar-refractivity contribution < 1.29 is 12.8 Å². The Kier molecular flexibility index (Phi) is 4.92. The van der Waals surface area contributed by atoms with Crippen molar-refractivity contribution in [1.82, 2.24) is 14.5 Å². The second kappa shape index (κ2) is 6.68. The highest BCUT2D eigenvalue weighted by Gasteiger charge is 2.09. The minimum atomic E-state index is -3.28. The number of rotatable bonds is 7. The first-order chi connectivity index (χ1) is 10.0. The molecule has 0 aliphatic carbocycles. The first kappa shape index (κ1) is 15.5. The highest BCUT2D eigenvalue weighted by atomic mass is 32.2. The molecule has 2 aromatic rings. The van der Waals surface area contributed by atoms with Gasteiger partial charge in [0.25, 0.3) is 5.56 Å². The summed E-state index contributed by atoms with van der Waals surface area (Å²) in [6.07, 6.45) is 2.06. The molecule has 0 atom stereocenters. The van der Waals surface area contributed by atoms with E-state index in [4.69, 9.17) is 4.42 Å². The largest absolute Gasteiger partial charge is 0.463 e. The topological polar surface area (TPSA) is 94.2 Å². The van der Waals surface area contributed by atoms with Gasteiger partial charge in [-0.25, -0.2) is 17.8 Å². The van der Waals surface area contributed by atoms with Gasteiger partial charge in [-0.2, -0.15) is 5.10 Å². The van der Waals surface area contributed by atoms with Gasteiger partial charge in [0, 0.05) is 12.6 Å². The van der Waals surface area contributed by atoms with Crippen LogP contribution in [-0.2, 0) is 16.6 Å². The Morgan fingerprint density at radius 1 is 1.33 bits per heavy atom. The second-order valence-corrected chi connectivity index (χ2v) is 6.40. The van der Waals surface area contributed by atoms with Gasteiger partial charge in [0.15, 0.2) is 5.76 Å². The van der Waals surface area contributed by atoms with Gasteiger partial charge in [0.1, 0.15) is 5.69 Å². The normalized spacial score (nSPS) is 11.7. The first-order valence-corrected chi connectivity index (χ1v) is 8.26. The van der Waals surface area contributed by atoms with Gasteiger partial charge in [-0.05, 0) is 24.6 Å². The van der Waals surface area contributed by atoms with E-state index in [9.17, 15) is 13.2 Å². The molecule has 0 bridgehead atoms. The van der Waals surface area contributed by atoms with Crippen LogP contribution >= 0.6 is 0 Å². The molecule has 0 aliphatic heterocycles. The quantitative estimate of drug-likeness (QED) is 0.817. The van der Waals surface area contributed by atoms with E-state index in [2.05, 4.69) is 9.82 Å². The van der Waals surface area contributed by atoms with Crippen molar-refractivity contribution in [3.63, 3.8) is 0 Å². The molecule has 0 fully saturated rings. The van der Waals surface area contributed by atoms with Crippen LogP contribution < -0.4 is 10.3 Å². The van der Waals surface area contributed by atoms with Crippen LogP contribution in [0.2, 0.25) is 0 Å². The van der Waals surface area contributed by atoms with E-state index in [0.29, 0.717) is 17.9 Å². The number of hydrogen-bond acceptors (Lipinski definition) is 5. The van der Waals surface area contributed by atoms with Crippen LogP contribution in [0.1, 0.15) is 13.3 Å². The number of nitrogens with one attached hydrogen (secondary N) is 1. The molecule has 0 saturated heterocycles. The van der Waals surface area contributed by atoms with Crippen molar-refractivity contribution >= 4 is 10.0 Å². The standard InChI is InChI=1S/C13H17N3O4S/c1-2-10-21(18,19)14-7-8-16-13(17)6-5-11(15-16)12-4-3-9-20-12/h3-6,9,14H,2,7-8,10H2,1H3. The molecule has 0 amide bonds. The molecule has 21 heavy (non-hydrogen) atoms. The number of nitrogens with zero attached hydrogens (tertiary/aromatic N) is 2. The molecule has 0 aromatic carbocycles. The maximum absolute atomic E-state index is 11.7. The van der Waals surface area contributed by atoms with E-state index < -0.39 is 10.0 Å². The van der Waals surface area contributed by atoms with Crippen molar-refractivity contribution in [2.75, 3.05) is 12.3 Å². The summed E-state index contributed by atoms with van der Waals surface area (Å²) in [4.78, 5) is 11.7. The molecule has 1 N–H and O–H groups in total. The summed E-state index contributed by atoms with van der Waals surface area (Å²) >= 11 is 0. The smallest absolute Gasteiger partial charge is 0.266 e. The molecule has 2 rings (SSSR count). The average molecular weight is 311 g/mol. The molecule has 0 unspecified atom stereocenters. The Balaban J connectivity index is 2.07. The predicted molar refractivity (Wildman–Crippen MR) is 78.3 cm³/mol. The summed E-state index contributed by atoms with van der Waals surface area (Å²) in [5.74, 6) is 0.622. The highest BCUT2D eigenvalue weighted by molar-refractivity contribution is 7.89. The van der Waals surface area contributed by atoms with Crippen LogP contribution in [0, 0.1) is 0 Å². The molecule has 2 heterocycles. The molecular weight excluding hydrogens is 294 g/mol. The van der Waals surface area contributed by atoms with E-state index in [1.807, 2.05) is 0 Å². The molecule has 0 saturated carbocycles. The molecular formula is C13H17N3O4S. The summed E-state index contributed by atoms with van der Waals surface area (Å²) in [6.45, 7) is 2.07. The van der Waals surface area contributed by atoms with Crippen LogP contribution in [0.4, 0.5) is 0 Å². The number of aromatic nitrogens is 2. The zero-order valence-corrected chi connectivity index (χ0v) is 12.5. The third-order valence-corrected chi connectivity index (χ3v) is 4.35. The monoisotopic (exact) mass is 311 g/mol. The summed E-state index contributed by atoms with van der Waals surface area (Å²) in [5, 5.41) is 4.16. The number of sulfonamides is 1. The van der Waals surface area contributed by atoms with Crippen LogP contribution in [-0.4, -0.2) is 30.5 Å². The zero-order valence-electron chi connectivity index (χ0n) is 11.7. The van der Waals surface area contributed by atoms with E-state index in [1.165, 1.54) is 17.0 Å². The molecule has 2 aromatic heterocycles. The predicted octanol–water partition coefficient (Wildman–Crippen LogP) is 0.833. The fourth-order valence-corrected chi connectivity index (χ4v) is 2.90. The van der Waals surface area contributed by atoms with Crippen molar-refractivity contribution in [2.45, 2.75) is 19.9 Å². The fourth-order valence-electron chi connectivity index (χ4n) is 1.81. The third kappa shape index (κ3) is 4.27. The molecule has 0 spiro atoms. The Bertz CT molecular complexity index is 735. The van der Waals surface area contributed by atoms with Gasteiger partial charge in [-0.15, -0.1) is 0 Å². The average Bonchev–Trinajstić information content (AvgIpc) is 2.94.